The predicted molar refractivity (Wildman–Crippen MR) is 84.7 cm³/mol. The van der Waals surface area contributed by atoms with Crippen LogP contribution in [0, 0.1) is 5.82 Å². The summed E-state index contributed by atoms with van der Waals surface area (Å²) in [6.07, 6.45) is 4.62. The summed E-state index contributed by atoms with van der Waals surface area (Å²) < 4.78 is 15.4. The lowest BCUT2D eigenvalue weighted by Crippen LogP contribution is -2.07. The zero-order valence-electron chi connectivity index (χ0n) is 11.9. The Morgan fingerprint density at radius 2 is 1.74 bits per heavy atom. The molecule has 0 amide bonds. The molecule has 114 valence electrons. The van der Waals surface area contributed by atoms with Crippen molar-refractivity contribution in [2.75, 3.05) is 0 Å². The summed E-state index contributed by atoms with van der Waals surface area (Å²) >= 11 is 5.95. The van der Waals surface area contributed by atoms with Crippen LogP contribution in [0.3, 0.4) is 0 Å². The third-order valence-corrected chi connectivity index (χ3v) is 3.81. The molecule has 1 aromatic carbocycles. The minimum atomic E-state index is -0.327. The Labute approximate surface area is 136 Å². The molecule has 0 atom stereocenters. The van der Waals surface area contributed by atoms with E-state index >= 15 is 0 Å². The van der Waals surface area contributed by atoms with Gasteiger partial charge in [0.15, 0.2) is 0 Å². The highest BCUT2D eigenvalue weighted by atomic mass is 35.5. The first kappa shape index (κ1) is 13.9. The molecule has 0 unspecified atom stereocenters. The third-order valence-electron chi connectivity index (χ3n) is 3.56. The van der Waals surface area contributed by atoms with Gasteiger partial charge in [-0.3, -0.25) is 4.40 Å². The van der Waals surface area contributed by atoms with Gasteiger partial charge in [0, 0.05) is 16.8 Å². The van der Waals surface area contributed by atoms with Crippen LogP contribution < -0.4 is 0 Å². The van der Waals surface area contributed by atoms with Crippen molar-refractivity contribution >= 4 is 17.2 Å². The van der Waals surface area contributed by atoms with Crippen LogP contribution in [-0.4, -0.2) is 24.4 Å². The minimum Gasteiger partial charge on any atom is -0.298 e. The van der Waals surface area contributed by atoms with Crippen molar-refractivity contribution in [3.63, 3.8) is 0 Å². The molecule has 0 bridgehead atoms. The molecule has 0 aliphatic carbocycles. The molecule has 4 rings (SSSR count). The summed E-state index contributed by atoms with van der Waals surface area (Å²) in [6.45, 7) is 0.385. The second kappa shape index (κ2) is 5.48. The standard InChI is InChI=1S/C16H11ClFN5/c17-12-3-1-11(2-4-12)16-14(10-23-19-7-8-20-23)22-9-13(18)5-6-15(22)21-16/h1-9H,10H2. The van der Waals surface area contributed by atoms with E-state index in [1.54, 1.807) is 35.0 Å². The molecule has 0 spiro atoms. The van der Waals surface area contributed by atoms with Gasteiger partial charge in [-0.25, -0.2) is 9.37 Å². The van der Waals surface area contributed by atoms with Gasteiger partial charge in [0.1, 0.15) is 18.0 Å². The number of nitrogens with zero attached hydrogens (tertiary/aromatic N) is 5. The van der Waals surface area contributed by atoms with Gasteiger partial charge in [-0.1, -0.05) is 23.7 Å². The third kappa shape index (κ3) is 2.57. The summed E-state index contributed by atoms with van der Waals surface area (Å²) in [4.78, 5) is 6.15. The van der Waals surface area contributed by atoms with Crippen LogP contribution in [0.5, 0.6) is 0 Å². The summed E-state index contributed by atoms with van der Waals surface area (Å²) in [7, 11) is 0. The van der Waals surface area contributed by atoms with Gasteiger partial charge in [-0.15, -0.1) is 0 Å². The Morgan fingerprint density at radius 3 is 2.48 bits per heavy atom. The Balaban J connectivity index is 1.93. The zero-order valence-corrected chi connectivity index (χ0v) is 12.7. The van der Waals surface area contributed by atoms with E-state index in [-0.39, 0.29) is 5.82 Å². The van der Waals surface area contributed by atoms with Crippen LogP contribution in [-0.2, 0) is 6.54 Å². The molecule has 0 N–H and O–H groups in total. The van der Waals surface area contributed by atoms with E-state index in [0.717, 1.165) is 17.0 Å². The SMILES string of the molecule is Fc1ccc2nc(-c3ccc(Cl)cc3)c(Cn3nccn3)n2c1. The average molecular weight is 328 g/mol. The molecule has 3 aromatic heterocycles. The molecule has 4 aromatic rings. The van der Waals surface area contributed by atoms with Crippen molar-refractivity contribution in [3.8, 4) is 11.3 Å². The van der Waals surface area contributed by atoms with Gasteiger partial charge in [0.2, 0.25) is 0 Å². The summed E-state index contributed by atoms with van der Waals surface area (Å²) in [5, 5.41) is 8.89. The molecule has 0 aliphatic heterocycles. The number of hydrogen-bond acceptors (Lipinski definition) is 3. The van der Waals surface area contributed by atoms with Gasteiger partial charge in [0.05, 0.1) is 23.8 Å². The second-order valence-corrected chi connectivity index (χ2v) is 5.49. The molecule has 0 radical (unpaired) electrons. The monoisotopic (exact) mass is 327 g/mol. The van der Waals surface area contributed by atoms with E-state index in [4.69, 9.17) is 11.6 Å². The number of imidazole rings is 1. The lowest BCUT2D eigenvalue weighted by atomic mass is 10.1. The topological polar surface area (TPSA) is 48.0 Å². The first-order valence-electron chi connectivity index (χ1n) is 6.97. The predicted octanol–water partition coefficient (Wildman–Crippen LogP) is 3.43. The fourth-order valence-corrected chi connectivity index (χ4v) is 2.64. The first-order valence-corrected chi connectivity index (χ1v) is 7.35. The van der Waals surface area contributed by atoms with Crippen LogP contribution in [0.4, 0.5) is 4.39 Å². The summed E-state index contributed by atoms with van der Waals surface area (Å²) in [5.41, 5.74) is 3.13. The summed E-state index contributed by atoms with van der Waals surface area (Å²) in [6, 6.07) is 10.4. The summed E-state index contributed by atoms with van der Waals surface area (Å²) in [5.74, 6) is -0.327. The van der Waals surface area contributed by atoms with Crippen LogP contribution in [0.1, 0.15) is 5.69 Å². The van der Waals surface area contributed by atoms with E-state index in [1.807, 2.05) is 12.1 Å². The Hall–Kier alpha value is -2.73. The van der Waals surface area contributed by atoms with E-state index in [9.17, 15) is 4.39 Å². The Bertz CT molecular complexity index is 960. The van der Waals surface area contributed by atoms with Gasteiger partial charge in [0.25, 0.3) is 0 Å². The molecule has 0 fully saturated rings. The molecule has 7 heteroatoms. The molecular formula is C16H11ClFN5. The number of aromatic nitrogens is 5. The molecule has 0 aliphatic rings. The van der Waals surface area contributed by atoms with E-state index in [0.29, 0.717) is 17.2 Å². The molecule has 3 heterocycles. The number of rotatable bonds is 3. The van der Waals surface area contributed by atoms with Crippen molar-refractivity contribution in [3.05, 3.63) is 71.5 Å². The highest BCUT2D eigenvalue weighted by Crippen LogP contribution is 2.26. The highest BCUT2D eigenvalue weighted by molar-refractivity contribution is 6.30. The molecule has 23 heavy (non-hydrogen) atoms. The Kier molecular flexibility index (Phi) is 3.31. The number of fused-ring (bicyclic) bond motifs is 1. The lowest BCUT2D eigenvalue weighted by molar-refractivity contribution is 0.575. The fourth-order valence-electron chi connectivity index (χ4n) is 2.52. The quantitative estimate of drug-likeness (QED) is 0.579. The molecule has 0 saturated carbocycles. The normalized spacial score (nSPS) is 11.2. The van der Waals surface area contributed by atoms with Crippen molar-refractivity contribution in [1.82, 2.24) is 24.4 Å². The average Bonchev–Trinajstić information content (AvgIpc) is 3.17. The minimum absolute atomic E-state index is 0.327. The maximum atomic E-state index is 13.7. The molecule has 5 nitrogen and oxygen atoms in total. The fraction of sp³-hybridized carbons (Fsp3) is 0.0625. The van der Waals surface area contributed by atoms with Crippen molar-refractivity contribution in [2.45, 2.75) is 6.54 Å². The van der Waals surface area contributed by atoms with Gasteiger partial charge < -0.3 is 0 Å². The smallest absolute Gasteiger partial charge is 0.139 e. The number of halogens is 2. The van der Waals surface area contributed by atoms with Crippen LogP contribution in [0.2, 0.25) is 5.02 Å². The molecule has 0 saturated heterocycles. The van der Waals surface area contributed by atoms with Crippen molar-refractivity contribution in [2.24, 2.45) is 0 Å². The van der Waals surface area contributed by atoms with Gasteiger partial charge in [-0.05, 0) is 24.3 Å². The van der Waals surface area contributed by atoms with Gasteiger partial charge >= 0.3 is 0 Å². The van der Waals surface area contributed by atoms with E-state index in [2.05, 4.69) is 15.2 Å². The highest BCUT2D eigenvalue weighted by Gasteiger charge is 2.15. The van der Waals surface area contributed by atoms with Crippen LogP contribution >= 0.6 is 11.6 Å². The lowest BCUT2D eigenvalue weighted by Gasteiger charge is -2.05. The van der Waals surface area contributed by atoms with Crippen molar-refractivity contribution in [1.29, 1.82) is 0 Å². The largest absolute Gasteiger partial charge is 0.298 e. The maximum Gasteiger partial charge on any atom is 0.139 e. The van der Waals surface area contributed by atoms with Gasteiger partial charge in [-0.2, -0.15) is 15.0 Å². The van der Waals surface area contributed by atoms with E-state index in [1.165, 1.54) is 17.1 Å². The zero-order chi connectivity index (χ0) is 15.8. The molecular weight excluding hydrogens is 317 g/mol. The van der Waals surface area contributed by atoms with Crippen molar-refractivity contribution < 1.29 is 4.39 Å². The second-order valence-electron chi connectivity index (χ2n) is 5.05. The number of benzene rings is 1. The number of hydrogen-bond donors (Lipinski definition) is 0. The first-order chi connectivity index (χ1) is 11.2. The van der Waals surface area contributed by atoms with Crippen LogP contribution in [0.15, 0.2) is 55.0 Å². The number of pyridine rings is 1. The van der Waals surface area contributed by atoms with Crippen LogP contribution in [0.25, 0.3) is 16.9 Å². The maximum absolute atomic E-state index is 13.7. The van der Waals surface area contributed by atoms with E-state index < -0.39 is 0 Å². The Morgan fingerprint density at radius 1 is 1.00 bits per heavy atom.